The average Bonchev–Trinajstić information content (AvgIpc) is 2.95. The number of ether oxygens (including phenoxy) is 11. The zero-order valence-corrected chi connectivity index (χ0v) is 27.3. The largest absolute Gasteiger partial charge is 0.416 e. The fraction of sp³-hybridized carbons (Fsp3) is 0.931. The molecule has 0 spiro atoms. The van der Waals surface area contributed by atoms with Crippen LogP contribution in [-0.2, 0) is 61.7 Å². The smallest absolute Gasteiger partial charge is 0.404 e. The van der Waals surface area contributed by atoms with Crippen molar-refractivity contribution in [1.82, 2.24) is 0 Å². The molecular formula is C29H56O13. The zero-order valence-electron chi connectivity index (χ0n) is 27.3. The van der Waals surface area contributed by atoms with Gasteiger partial charge in [0, 0.05) is 26.4 Å². The molecule has 250 valence electrons. The summed E-state index contributed by atoms with van der Waals surface area (Å²) in [6, 6.07) is 0. The lowest BCUT2D eigenvalue weighted by atomic mass is 10.3. The van der Waals surface area contributed by atoms with Gasteiger partial charge in [0.05, 0.1) is 45.9 Å². The van der Waals surface area contributed by atoms with Gasteiger partial charge in [0.1, 0.15) is 0 Å². The molecule has 0 aliphatic rings. The van der Waals surface area contributed by atoms with Crippen molar-refractivity contribution >= 4 is 11.9 Å². The van der Waals surface area contributed by atoms with Crippen molar-refractivity contribution in [3.8, 4) is 0 Å². The monoisotopic (exact) mass is 612 g/mol. The van der Waals surface area contributed by atoms with Crippen LogP contribution >= 0.6 is 0 Å². The summed E-state index contributed by atoms with van der Waals surface area (Å²) in [4.78, 5) is 26.3. The third kappa shape index (κ3) is 12.7. The van der Waals surface area contributed by atoms with E-state index in [0.29, 0.717) is 19.4 Å². The molecule has 0 radical (unpaired) electrons. The van der Waals surface area contributed by atoms with Crippen molar-refractivity contribution in [2.75, 3.05) is 59.5 Å². The lowest BCUT2D eigenvalue weighted by Crippen LogP contribution is -2.65. The Morgan fingerprint density at radius 3 is 1.40 bits per heavy atom. The van der Waals surface area contributed by atoms with E-state index in [4.69, 9.17) is 52.1 Å². The van der Waals surface area contributed by atoms with Crippen LogP contribution in [0.4, 0.5) is 0 Å². The van der Waals surface area contributed by atoms with Gasteiger partial charge in [-0.3, -0.25) is 9.59 Å². The lowest BCUT2D eigenvalue weighted by Gasteiger charge is -2.44. The maximum Gasteiger partial charge on any atom is 0.416 e. The van der Waals surface area contributed by atoms with E-state index in [0.717, 1.165) is 6.42 Å². The second-order valence-electron chi connectivity index (χ2n) is 8.62. The van der Waals surface area contributed by atoms with Crippen molar-refractivity contribution in [3.05, 3.63) is 0 Å². The number of carbonyl (C=O) groups is 2. The highest BCUT2D eigenvalue weighted by Crippen LogP contribution is 2.37. The molecule has 0 heterocycles. The number of hydrogen-bond acceptors (Lipinski definition) is 13. The number of unbranched alkanes of at least 4 members (excludes halogenated alkanes) is 1. The minimum absolute atomic E-state index is 0.0656. The molecule has 0 fully saturated rings. The topological polar surface area (TPSA) is 136 Å². The van der Waals surface area contributed by atoms with Gasteiger partial charge in [-0.15, -0.1) is 0 Å². The molecule has 0 aromatic carbocycles. The van der Waals surface area contributed by atoms with Crippen LogP contribution in [0.15, 0.2) is 0 Å². The second kappa shape index (κ2) is 23.0. The molecule has 1 unspecified atom stereocenters. The molecule has 0 rings (SSSR count). The number of rotatable bonds is 28. The van der Waals surface area contributed by atoms with Crippen LogP contribution < -0.4 is 0 Å². The molecule has 0 aliphatic carbocycles. The second-order valence-corrected chi connectivity index (χ2v) is 8.62. The summed E-state index contributed by atoms with van der Waals surface area (Å²) >= 11 is 0. The van der Waals surface area contributed by atoms with Crippen molar-refractivity contribution in [2.24, 2.45) is 0 Å². The number of esters is 2. The summed E-state index contributed by atoms with van der Waals surface area (Å²) in [5.41, 5.74) is 0. The highest BCUT2D eigenvalue weighted by Gasteiger charge is 2.63. The first-order valence-electron chi connectivity index (χ1n) is 15.3. The third-order valence-corrected chi connectivity index (χ3v) is 5.31. The van der Waals surface area contributed by atoms with E-state index in [1.54, 1.807) is 48.5 Å². The summed E-state index contributed by atoms with van der Waals surface area (Å²) in [7, 11) is 0. The number of carbonyl (C=O) groups excluding carboxylic acids is 2. The van der Waals surface area contributed by atoms with Crippen LogP contribution in [0.5, 0.6) is 0 Å². The highest BCUT2D eigenvalue weighted by molar-refractivity contribution is 5.78. The third-order valence-electron chi connectivity index (χ3n) is 5.31. The van der Waals surface area contributed by atoms with Gasteiger partial charge < -0.3 is 52.1 Å². The Morgan fingerprint density at radius 1 is 0.500 bits per heavy atom. The first-order valence-corrected chi connectivity index (χ1v) is 15.3. The van der Waals surface area contributed by atoms with Crippen LogP contribution in [-0.4, -0.2) is 95.6 Å². The molecule has 0 amide bonds. The molecule has 0 N–H and O–H groups in total. The molecule has 0 aliphatic heterocycles. The van der Waals surface area contributed by atoms with Crippen LogP contribution in [0.1, 0.15) is 94.4 Å². The summed E-state index contributed by atoms with van der Waals surface area (Å²) < 4.78 is 63.8. The summed E-state index contributed by atoms with van der Waals surface area (Å²) in [5.74, 6) is -7.86. The van der Waals surface area contributed by atoms with Gasteiger partial charge >= 0.3 is 29.9 Å². The molecule has 0 saturated heterocycles. The van der Waals surface area contributed by atoms with E-state index in [2.05, 4.69) is 0 Å². The van der Waals surface area contributed by atoms with Crippen LogP contribution in [0, 0.1) is 0 Å². The SMILES string of the molecule is CCCCOC(OCC)(OCC)C(OCC)(OCC)OC(=O)CCC(=O)OC(OCC)(OCC)C(OCC)OCCC. The fourth-order valence-electron chi connectivity index (χ4n) is 3.77. The average molecular weight is 613 g/mol. The van der Waals surface area contributed by atoms with Crippen molar-refractivity contribution in [2.45, 2.75) is 119 Å². The fourth-order valence-corrected chi connectivity index (χ4v) is 3.77. The maximum atomic E-state index is 13.2. The van der Waals surface area contributed by atoms with E-state index in [9.17, 15) is 9.59 Å². The normalized spacial score (nSPS) is 13.3. The van der Waals surface area contributed by atoms with E-state index in [-0.39, 0.29) is 52.9 Å². The molecule has 1 atom stereocenters. The molecule has 13 nitrogen and oxygen atoms in total. The van der Waals surface area contributed by atoms with Crippen molar-refractivity contribution in [3.63, 3.8) is 0 Å². The van der Waals surface area contributed by atoms with Gasteiger partial charge in [-0.1, -0.05) is 20.3 Å². The Bertz CT molecular complexity index is 685. The number of hydrogen-bond donors (Lipinski definition) is 0. The van der Waals surface area contributed by atoms with E-state index in [1.165, 1.54) is 0 Å². The molecule has 0 aromatic heterocycles. The lowest BCUT2D eigenvalue weighted by molar-refractivity contribution is -0.550. The van der Waals surface area contributed by atoms with Gasteiger partial charge in [-0.2, -0.15) is 0 Å². The predicted molar refractivity (Wildman–Crippen MR) is 152 cm³/mol. The molecule has 0 bridgehead atoms. The molecule has 13 heteroatoms. The quantitative estimate of drug-likeness (QED) is 0.0690. The standard InChI is InChI=1S/C29H56O13/c1-10-19-23-40-28(36-15-6,37-16-7)29(38-17-8,39-18-9)42-25(31)21-20-24(30)41-27(34-13-4,35-14-5)26(32-12-3)33-22-11-2/h26H,10-23H2,1-9H3. The van der Waals surface area contributed by atoms with Gasteiger partial charge in [0.2, 0.25) is 0 Å². The predicted octanol–water partition coefficient (Wildman–Crippen LogP) is 4.64. The van der Waals surface area contributed by atoms with E-state index < -0.39 is 49.0 Å². The first kappa shape index (κ1) is 40.6. The van der Waals surface area contributed by atoms with Crippen molar-refractivity contribution < 1.29 is 61.7 Å². The van der Waals surface area contributed by atoms with Gasteiger partial charge in [0.25, 0.3) is 6.29 Å². The minimum atomic E-state index is -2.22. The van der Waals surface area contributed by atoms with Gasteiger partial charge in [0.15, 0.2) is 0 Å². The molecule has 42 heavy (non-hydrogen) atoms. The van der Waals surface area contributed by atoms with Gasteiger partial charge in [-0.25, -0.2) is 0 Å². The maximum absolute atomic E-state index is 13.2. The highest BCUT2D eigenvalue weighted by atomic mass is 17.0. The first-order chi connectivity index (χ1) is 20.2. The Balaban J connectivity index is 6.04. The molecular weight excluding hydrogens is 556 g/mol. The summed E-state index contributed by atoms with van der Waals surface area (Å²) in [6.45, 7) is 17.5. The van der Waals surface area contributed by atoms with Crippen LogP contribution in [0.3, 0.4) is 0 Å². The Kier molecular flexibility index (Phi) is 22.2. The Hall–Kier alpha value is -1.42. The minimum Gasteiger partial charge on any atom is -0.404 e. The van der Waals surface area contributed by atoms with Crippen LogP contribution in [0.2, 0.25) is 0 Å². The molecule has 0 aromatic rings. The molecule has 0 saturated carbocycles. The van der Waals surface area contributed by atoms with Crippen molar-refractivity contribution in [1.29, 1.82) is 0 Å². The Morgan fingerprint density at radius 2 is 0.976 bits per heavy atom. The van der Waals surface area contributed by atoms with E-state index in [1.807, 2.05) is 13.8 Å². The van der Waals surface area contributed by atoms with E-state index >= 15 is 0 Å². The summed E-state index contributed by atoms with van der Waals surface area (Å²) in [5, 5.41) is 0. The zero-order chi connectivity index (χ0) is 31.9. The van der Waals surface area contributed by atoms with Crippen LogP contribution in [0.25, 0.3) is 0 Å². The van der Waals surface area contributed by atoms with Gasteiger partial charge in [-0.05, 0) is 61.3 Å². The summed E-state index contributed by atoms with van der Waals surface area (Å²) in [6.07, 6.45) is 0.252. The Labute approximate surface area is 252 Å².